The lowest BCUT2D eigenvalue weighted by Crippen LogP contribution is -2.35. The van der Waals surface area contributed by atoms with Crippen molar-refractivity contribution >= 4 is 11.6 Å². The highest BCUT2D eigenvalue weighted by molar-refractivity contribution is 5.76. The maximum Gasteiger partial charge on any atom is 0.184 e. The van der Waals surface area contributed by atoms with Gasteiger partial charge in [0.15, 0.2) is 5.90 Å². The molecule has 20 heavy (non-hydrogen) atoms. The molecule has 0 saturated heterocycles. The van der Waals surface area contributed by atoms with E-state index in [0.29, 0.717) is 24.2 Å². The van der Waals surface area contributed by atoms with E-state index < -0.39 is 6.10 Å². The molecule has 0 amide bonds. The molecule has 0 radical (unpaired) electrons. The molecule has 0 heterocycles. The summed E-state index contributed by atoms with van der Waals surface area (Å²) in [6, 6.07) is 7.69. The SMILES string of the molecule is COC(C)=Nc1ccc(OCC(O)CNC(C)C)cc1. The highest BCUT2D eigenvalue weighted by atomic mass is 16.5. The topological polar surface area (TPSA) is 63.1 Å². The van der Waals surface area contributed by atoms with Gasteiger partial charge in [-0.3, -0.25) is 0 Å². The van der Waals surface area contributed by atoms with Crippen LogP contribution in [0.2, 0.25) is 0 Å². The molecule has 0 bridgehead atoms. The number of aliphatic imine (C=N–C) groups is 1. The average Bonchev–Trinajstić information content (AvgIpc) is 2.44. The van der Waals surface area contributed by atoms with Gasteiger partial charge in [-0.15, -0.1) is 0 Å². The molecule has 5 nitrogen and oxygen atoms in total. The molecular weight excluding hydrogens is 256 g/mol. The minimum atomic E-state index is -0.522. The zero-order valence-corrected chi connectivity index (χ0v) is 12.6. The molecule has 1 atom stereocenters. The Bertz CT molecular complexity index is 416. The second-order valence-electron chi connectivity index (χ2n) is 4.86. The number of methoxy groups -OCH3 is 1. The standard InChI is InChI=1S/C15H24N2O3/c1-11(2)16-9-14(18)10-20-15-7-5-13(6-8-15)17-12(3)19-4/h5-8,11,14,16,18H,9-10H2,1-4H3. The van der Waals surface area contributed by atoms with Crippen LogP contribution in [0.5, 0.6) is 5.75 Å². The third-order valence-electron chi connectivity index (χ3n) is 2.62. The fraction of sp³-hybridized carbons (Fsp3) is 0.533. The summed E-state index contributed by atoms with van der Waals surface area (Å²) in [7, 11) is 1.59. The van der Waals surface area contributed by atoms with Crippen LogP contribution in [0.1, 0.15) is 20.8 Å². The fourth-order valence-electron chi connectivity index (χ4n) is 1.47. The Morgan fingerprint density at radius 1 is 1.30 bits per heavy atom. The van der Waals surface area contributed by atoms with Crippen molar-refractivity contribution < 1.29 is 14.6 Å². The molecule has 0 aliphatic heterocycles. The molecular formula is C15H24N2O3. The van der Waals surface area contributed by atoms with E-state index >= 15 is 0 Å². The predicted molar refractivity (Wildman–Crippen MR) is 80.9 cm³/mol. The van der Waals surface area contributed by atoms with Crippen molar-refractivity contribution in [2.45, 2.75) is 32.9 Å². The Hall–Kier alpha value is -1.59. The van der Waals surface area contributed by atoms with E-state index in [1.165, 1.54) is 0 Å². The Kier molecular flexibility index (Phi) is 7.04. The van der Waals surface area contributed by atoms with Crippen molar-refractivity contribution in [2.75, 3.05) is 20.3 Å². The summed E-state index contributed by atoms with van der Waals surface area (Å²) in [4.78, 5) is 4.24. The lowest BCUT2D eigenvalue weighted by Gasteiger charge is -2.15. The molecule has 1 aromatic carbocycles. The van der Waals surface area contributed by atoms with Crippen molar-refractivity contribution in [1.29, 1.82) is 0 Å². The molecule has 1 unspecified atom stereocenters. The zero-order chi connectivity index (χ0) is 15.0. The Labute approximate surface area is 120 Å². The largest absolute Gasteiger partial charge is 0.491 e. The average molecular weight is 280 g/mol. The molecule has 2 N–H and O–H groups in total. The quantitative estimate of drug-likeness (QED) is 0.593. The Balaban J connectivity index is 2.42. The number of hydrogen-bond acceptors (Lipinski definition) is 5. The summed E-state index contributed by atoms with van der Waals surface area (Å²) >= 11 is 0. The Morgan fingerprint density at radius 2 is 1.95 bits per heavy atom. The van der Waals surface area contributed by atoms with Crippen LogP contribution in [-0.4, -0.2) is 43.4 Å². The first kappa shape index (κ1) is 16.5. The van der Waals surface area contributed by atoms with Gasteiger partial charge in [-0.25, -0.2) is 4.99 Å². The van der Waals surface area contributed by atoms with Crippen LogP contribution >= 0.6 is 0 Å². The van der Waals surface area contributed by atoms with Gasteiger partial charge in [-0.1, -0.05) is 13.8 Å². The van der Waals surface area contributed by atoms with Crippen LogP contribution in [0.15, 0.2) is 29.3 Å². The summed E-state index contributed by atoms with van der Waals surface area (Å²) in [6.07, 6.45) is -0.522. The minimum Gasteiger partial charge on any atom is -0.491 e. The first-order chi connectivity index (χ1) is 9.51. The first-order valence-corrected chi connectivity index (χ1v) is 6.75. The highest BCUT2D eigenvalue weighted by Gasteiger charge is 2.05. The number of hydrogen-bond donors (Lipinski definition) is 2. The van der Waals surface area contributed by atoms with E-state index in [1.807, 2.05) is 38.1 Å². The zero-order valence-electron chi connectivity index (χ0n) is 12.6. The van der Waals surface area contributed by atoms with Crippen molar-refractivity contribution in [3.63, 3.8) is 0 Å². The van der Waals surface area contributed by atoms with Gasteiger partial charge >= 0.3 is 0 Å². The molecule has 0 aliphatic rings. The van der Waals surface area contributed by atoms with Gasteiger partial charge in [-0.05, 0) is 24.3 Å². The van der Waals surface area contributed by atoms with Crippen LogP contribution < -0.4 is 10.1 Å². The van der Waals surface area contributed by atoms with Gasteiger partial charge in [0.05, 0.1) is 12.8 Å². The van der Waals surface area contributed by atoms with E-state index in [4.69, 9.17) is 9.47 Å². The predicted octanol–water partition coefficient (Wildman–Crippen LogP) is 2.12. The molecule has 0 aliphatic carbocycles. The van der Waals surface area contributed by atoms with Gasteiger partial charge in [0.1, 0.15) is 18.5 Å². The lowest BCUT2D eigenvalue weighted by atomic mass is 10.3. The first-order valence-electron chi connectivity index (χ1n) is 6.75. The number of ether oxygens (including phenoxy) is 2. The van der Waals surface area contributed by atoms with Crippen molar-refractivity contribution in [1.82, 2.24) is 5.32 Å². The third-order valence-corrected chi connectivity index (χ3v) is 2.62. The summed E-state index contributed by atoms with van der Waals surface area (Å²) in [5, 5.41) is 12.9. The second-order valence-corrected chi connectivity index (χ2v) is 4.86. The van der Waals surface area contributed by atoms with Gasteiger partial charge in [-0.2, -0.15) is 0 Å². The summed E-state index contributed by atoms with van der Waals surface area (Å²) in [5.41, 5.74) is 0.804. The summed E-state index contributed by atoms with van der Waals surface area (Å²) in [5.74, 6) is 1.32. The summed E-state index contributed by atoms with van der Waals surface area (Å²) < 4.78 is 10.5. The van der Waals surface area contributed by atoms with Gasteiger partial charge in [0.2, 0.25) is 0 Å². The van der Waals surface area contributed by atoms with Crippen molar-refractivity contribution in [2.24, 2.45) is 4.99 Å². The number of nitrogens with zero attached hydrogens (tertiary/aromatic N) is 1. The van der Waals surface area contributed by atoms with E-state index in [2.05, 4.69) is 10.3 Å². The van der Waals surface area contributed by atoms with Crippen molar-refractivity contribution in [3.05, 3.63) is 24.3 Å². The third kappa shape index (κ3) is 6.54. The van der Waals surface area contributed by atoms with E-state index in [1.54, 1.807) is 14.0 Å². The summed E-state index contributed by atoms with van der Waals surface area (Å²) in [6.45, 7) is 6.65. The van der Waals surface area contributed by atoms with Crippen LogP contribution in [0.3, 0.4) is 0 Å². The monoisotopic (exact) mass is 280 g/mol. The van der Waals surface area contributed by atoms with Crippen LogP contribution in [-0.2, 0) is 4.74 Å². The smallest absolute Gasteiger partial charge is 0.184 e. The maximum absolute atomic E-state index is 9.74. The Morgan fingerprint density at radius 3 is 2.50 bits per heavy atom. The molecule has 0 saturated carbocycles. The van der Waals surface area contributed by atoms with E-state index in [9.17, 15) is 5.11 Å². The van der Waals surface area contributed by atoms with Crippen LogP contribution in [0.4, 0.5) is 5.69 Å². The number of aliphatic hydroxyl groups excluding tert-OH is 1. The lowest BCUT2D eigenvalue weighted by molar-refractivity contribution is 0.104. The van der Waals surface area contributed by atoms with E-state index in [0.717, 1.165) is 5.69 Å². The van der Waals surface area contributed by atoms with Crippen molar-refractivity contribution in [3.8, 4) is 5.75 Å². The molecule has 5 heteroatoms. The second kappa shape index (κ2) is 8.55. The highest BCUT2D eigenvalue weighted by Crippen LogP contribution is 2.18. The van der Waals surface area contributed by atoms with Gasteiger partial charge in [0, 0.05) is 19.5 Å². The van der Waals surface area contributed by atoms with Gasteiger partial charge < -0.3 is 19.9 Å². The molecule has 1 rings (SSSR count). The molecule has 0 spiro atoms. The van der Waals surface area contributed by atoms with Crippen LogP contribution in [0.25, 0.3) is 0 Å². The van der Waals surface area contributed by atoms with Crippen LogP contribution in [0, 0.1) is 0 Å². The molecule has 0 fully saturated rings. The number of benzene rings is 1. The normalized spacial score (nSPS) is 13.4. The molecule has 0 aromatic heterocycles. The number of rotatable bonds is 7. The molecule has 1 aromatic rings. The fourth-order valence-corrected chi connectivity index (χ4v) is 1.47. The van der Waals surface area contributed by atoms with Gasteiger partial charge in [0.25, 0.3) is 0 Å². The number of nitrogens with one attached hydrogen (secondary N) is 1. The number of aliphatic hydroxyl groups is 1. The molecule has 112 valence electrons. The maximum atomic E-state index is 9.74. The minimum absolute atomic E-state index is 0.263. The van der Waals surface area contributed by atoms with E-state index in [-0.39, 0.29) is 6.61 Å².